The molecule has 0 aliphatic rings. The lowest BCUT2D eigenvalue weighted by Crippen LogP contribution is -2.33. The van der Waals surface area contributed by atoms with Gasteiger partial charge in [0.25, 0.3) is 0 Å². The van der Waals surface area contributed by atoms with Crippen molar-refractivity contribution >= 4 is 29.9 Å². The van der Waals surface area contributed by atoms with Crippen molar-refractivity contribution in [3.05, 3.63) is 42.0 Å². The number of nitrogens with one attached hydrogen (secondary N) is 1. The van der Waals surface area contributed by atoms with Crippen LogP contribution in [0.5, 0.6) is 0 Å². The second-order valence-electron chi connectivity index (χ2n) is 4.59. The molecule has 6 nitrogen and oxygen atoms in total. The molecule has 2 aromatic rings. The fourth-order valence-corrected chi connectivity index (χ4v) is 1.78. The summed E-state index contributed by atoms with van der Waals surface area (Å²) in [6.45, 7) is 1.65. The van der Waals surface area contributed by atoms with Crippen LogP contribution in [0.15, 0.2) is 39.9 Å². The summed E-state index contributed by atoms with van der Waals surface area (Å²) in [7, 11) is 1.61. The lowest BCUT2D eigenvalue weighted by atomic mass is 10.2. The quantitative estimate of drug-likeness (QED) is 0.302. The van der Waals surface area contributed by atoms with Crippen LogP contribution in [-0.2, 0) is 11.2 Å². The summed E-state index contributed by atoms with van der Waals surface area (Å²) in [5.41, 5.74) is 7.22. The molecule has 1 heterocycles. The van der Waals surface area contributed by atoms with Crippen LogP contribution in [0.25, 0.3) is 11.5 Å². The number of rotatable bonds is 7. The number of benzene rings is 1. The Morgan fingerprint density at radius 3 is 2.83 bits per heavy atom. The van der Waals surface area contributed by atoms with Gasteiger partial charge in [-0.3, -0.25) is 4.99 Å². The Labute approximate surface area is 151 Å². The summed E-state index contributed by atoms with van der Waals surface area (Å²) in [4.78, 5) is 8.44. The Hall–Kier alpha value is -1.68. The van der Waals surface area contributed by atoms with Gasteiger partial charge in [0.1, 0.15) is 12.1 Å². The molecule has 0 radical (unpaired) electrons. The molecule has 0 fully saturated rings. The van der Waals surface area contributed by atoms with E-state index in [1.165, 1.54) is 12.1 Å². The average molecular weight is 434 g/mol. The van der Waals surface area contributed by atoms with Crippen LogP contribution in [0.1, 0.15) is 5.69 Å². The van der Waals surface area contributed by atoms with Crippen LogP contribution in [0, 0.1) is 5.82 Å². The minimum atomic E-state index is -0.289. The highest BCUT2D eigenvalue weighted by molar-refractivity contribution is 14.0. The van der Waals surface area contributed by atoms with Crippen LogP contribution >= 0.6 is 24.0 Å². The van der Waals surface area contributed by atoms with E-state index in [1.54, 1.807) is 25.5 Å². The highest BCUT2D eigenvalue weighted by atomic mass is 127. The molecule has 1 aromatic carbocycles. The number of hydrogen-bond acceptors (Lipinski definition) is 4. The molecule has 23 heavy (non-hydrogen) atoms. The van der Waals surface area contributed by atoms with Gasteiger partial charge in [-0.15, -0.1) is 24.0 Å². The van der Waals surface area contributed by atoms with Gasteiger partial charge >= 0.3 is 0 Å². The highest BCUT2D eigenvalue weighted by Crippen LogP contribution is 2.18. The largest absolute Gasteiger partial charge is 0.444 e. The van der Waals surface area contributed by atoms with E-state index in [4.69, 9.17) is 14.9 Å². The summed E-state index contributed by atoms with van der Waals surface area (Å²) < 4.78 is 23.1. The topological polar surface area (TPSA) is 85.7 Å². The van der Waals surface area contributed by atoms with Crippen molar-refractivity contribution in [2.24, 2.45) is 10.7 Å². The number of aromatic nitrogens is 1. The van der Waals surface area contributed by atoms with Gasteiger partial charge in [0.2, 0.25) is 5.89 Å². The smallest absolute Gasteiger partial charge is 0.226 e. The number of methoxy groups -OCH3 is 1. The Balaban J connectivity index is 0.00000264. The second kappa shape index (κ2) is 10.2. The van der Waals surface area contributed by atoms with Crippen molar-refractivity contribution in [2.45, 2.75) is 6.42 Å². The first-order chi connectivity index (χ1) is 10.7. The lowest BCUT2D eigenvalue weighted by molar-refractivity contribution is 0.208. The van der Waals surface area contributed by atoms with E-state index >= 15 is 0 Å². The molecule has 126 valence electrons. The van der Waals surface area contributed by atoms with Crippen LogP contribution in [-0.4, -0.2) is 37.7 Å². The molecule has 2 rings (SSSR count). The third-order valence-corrected chi connectivity index (χ3v) is 2.91. The van der Waals surface area contributed by atoms with Crippen molar-refractivity contribution in [2.75, 3.05) is 26.8 Å². The molecule has 0 unspecified atom stereocenters. The maximum atomic E-state index is 12.9. The van der Waals surface area contributed by atoms with E-state index in [1.807, 2.05) is 0 Å². The standard InChI is InChI=1S/C15H19FN4O2.HI/c1-21-9-8-19-15(17)18-7-6-13-10-22-14(20-13)11-2-4-12(16)5-3-11;/h2-5,10H,6-9H2,1H3,(H3,17,18,19);1H. The molecule has 8 heteroatoms. The van der Waals surface area contributed by atoms with Gasteiger partial charge in [0.15, 0.2) is 5.96 Å². The number of hydrogen-bond donors (Lipinski definition) is 2. The van der Waals surface area contributed by atoms with E-state index in [0.717, 1.165) is 11.3 Å². The molecule has 0 saturated carbocycles. The SMILES string of the molecule is COCCN=C(N)NCCc1coc(-c2ccc(F)cc2)n1.I. The molecule has 0 aliphatic heterocycles. The summed E-state index contributed by atoms with van der Waals surface area (Å²) in [5.74, 6) is 0.555. The van der Waals surface area contributed by atoms with Crippen molar-refractivity contribution in [1.29, 1.82) is 0 Å². The Morgan fingerprint density at radius 2 is 2.13 bits per heavy atom. The van der Waals surface area contributed by atoms with Crippen LogP contribution in [0.4, 0.5) is 4.39 Å². The fraction of sp³-hybridized carbons (Fsp3) is 0.333. The zero-order valence-corrected chi connectivity index (χ0v) is 15.1. The van der Waals surface area contributed by atoms with Crippen LogP contribution in [0.3, 0.4) is 0 Å². The van der Waals surface area contributed by atoms with Gasteiger partial charge in [-0.2, -0.15) is 0 Å². The molecule has 1 aromatic heterocycles. The zero-order valence-electron chi connectivity index (χ0n) is 12.8. The number of ether oxygens (including phenoxy) is 1. The maximum Gasteiger partial charge on any atom is 0.226 e. The minimum Gasteiger partial charge on any atom is -0.444 e. The van der Waals surface area contributed by atoms with Gasteiger partial charge in [-0.25, -0.2) is 9.37 Å². The van der Waals surface area contributed by atoms with Crippen molar-refractivity contribution in [1.82, 2.24) is 10.3 Å². The number of nitrogens with two attached hydrogens (primary N) is 1. The van der Waals surface area contributed by atoms with Gasteiger partial charge in [0.05, 0.1) is 18.8 Å². The molecule has 0 saturated heterocycles. The Morgan fingerprint density at radius 1 is 1.39 bits per heavy atom. The summed E-state index contributed by atoms with van der Waals surface area (Å²) >= 11 is 0. The van der Waals surface area contributed by atoms with Crippen molar-refractivity contribution in [3.8, 4) is 11.5 Å². The van der Waals surface area contributed by atoms with Gasteiger partial charge in [-0.1, -0.05) is 0 Å². The third kappa shape index (κ3) is 6.53. The summed E-state index contributed by atoms with van der Waals surface area (Å²) in [5, 5.41) is 2.99. The summed E-state index contributed by atoms with van der Waals surface area (Å²) in [6, 6.07) is 6.00. The monoisotopic (exact) mass is 434 g/mol. The van der Waals surface area contributed by atoms with E-state index < -0.39 is 0 Å². The van der Waals surface area contributed by atoms with E-state index in [-0.39, 0.29) is 29.8 Å². The molecule has 0 amide bonds. The number of aliphatic imine (C=N–C) groups is 1. The second-order valence-corrected chi connectivity index (χ2v) is 4.59. The van der Waals surface area contributed by atoms with Crippen LogP contribution in [0.2, 0.25) is 0 Å². The normalized spacial score (nSPS) is 11.1. The van der Waals surface area contributed by atoms with Gasteiger partial charge in [0, 0.05) is 25.6 Å². The molecule has 3 N–H and O–H groups in total. The van der Waals surface area contributed by atoms with Crippen molar-refractivity contribution < 1.29 is 13.5 Å². The molecular formula is C15H20FIN4O2. The maximum absolute atomic E-state index is 12.9. The van der Waals surface area contributed by atoms with E-state index in [9.17, 15) is 4.39 Å². The van der Waals surface area contributed by atoms with E-state index in [2.05, 4.69) is 15.3 Å². The van der Waals surface area contributed by atoms with Crippen LogP contribution < -0.4 is 11.1 Å². The average Bonchev–Trinajstić information content (AvgIpc) is 2.97. The Kier molecular flexibility index (Phi) is 8.56. The predicted octanol–water partition coefficient (Wildman–Crippen LogP) is 2.19. The number of oxazole rings is 1. The lowest BCUT2D eigenvalue weighted by Gasteiger charge is -2.03. The first-order valence-electron chi connectivity index (χ1n) is 6.92. The predicted molar refractivity (Wildman–Crippen MR) is 97.4 cm³/mol. The number of nitrogens with zero attached hydrogens (tertiary/aromatic N) is 2. The minimum absolute atomic E-state index is 0. The molecule has 0 spiro atoms. The van der Waals surface area contributed by atoms with Crippen molar-refractivity contribution in [3.63, 3.8) is 0 Å². The number of guanidine groups is 1. The number of halogens is 2. The van der Waals surface area contributed by atoms with E-state index in [0.29, 0.717) is 38.0 Å². The van der Waals surface area contributed by atoms with Gasteiger partial charge in [-0.05, 0) is 24.3 Å². The molecular weight excluding hydrogens is 414 g/mol. The molecule has 0 aliphatic carbocycles. The first-order valence-corrected chi connectivity index (χ1v) is 6.92. The molecule has 0 bridgehead atoms. The van der Waals surface area contributed by atoms with Gasteiger partial charge < -0.3 is 20.2 Å². The molecule has 0 atom stereocenters. The summed E-state index contributed by atoms with van der Waals surface area (Å²) in [6.07, 6.45) is 2.23. The first kappa shape index (κ1) is 19.4. The zero-order chi connectivity index (χ0) is 15.8. The third-order valence-electron chi connectivity index (χ3n) is 2.91. The Bertz CT molecular complexity index is 616. The fourth-order valence-electron chi connectivity index (χ4n) is 1.78. The highest BCUT2D eigenvalue weighted by Gasteiger charge is 2.06.